The van der Waals surface area contributed by atoms with E-state index in [1.165, 1.54) is 6.42 Å². The number of nitrogens with two attached hydrogens (primary N) is 1. The Bertz CT molecular complexity index is 464. The van der Waals surface area contributed by atoms with Crippen molar-refractivity contribution in [1.29, 1.82) is 0 Å². The van der Waals surface area contributed by atoms with Gasteiger partial charge in [-0.05, 0) is 32.6 Å². The van der Waals surface area contributed by atoms with Gasteiger partial charge >= 0.3 is 0 Å². The monoisotopic (exact) mass is 279 g/mol. The Morgan fingerprint density at radius 2 is 2.25 bits per heavy atom. The van der Waals surface area contributed by atoms with Crippen molar-refractivity contribution in [2.24, 2.45) is 11.7 Å². The highest BCUT2D eigenvalue weighted by molar-refractivity contribution is 5.79. The zero-order chi connectivity index (χ0) is 14.8. The van der Waals surface area contributed by atoms with Crippen LogP contribution >= 0.6 is 0 Å². The maximum Gasteiger partial charge on any atom is 0.225 e. The largest absolute Gasteiger partial charge is 0.361 e. The fraction of sp³-hybridized carbons (Fsp3) is 0.733. The van der Waals surface area contributed by atoms with Crippen molar-refractivity contribution in [1.82, 2.24) is 10.5 Å². The summed E-state index contributed by atoms with van der Waals surface area (Å²) >= 11 is 0. The van der Waals surface area contributed by atoms with Gasteiger partial charge in [-0.3, -0.25) is 4.79 Å². The molecule has 0 radical (unpaired) electrons. The van der Waals surface area contributed by atoms with Crippen molar-refractivity contribution < 1.29 is 9.32 Å². The van der Waals surface area contributed by atoms with E-state index in [4.69, 9.17) is 10.3 Å². The Kier molecular flexibility index (Phi) is 4.48. The van der Waals surface area contributed by atoms with Crippen molar-refractivity contribution in [3.8, 4) is 0 Å². The number of amides is 1. The summed E-state index contributed by atoms with van der Waals surface area (Å²) in [4.78, 5) is 12.4. The van der Waals surface area contributed by atoms with E-state index in [0.29, 0.717) is 18.9 Å². The molecule has 5 nitrogen and oxygen atoms in total. The molecule has 1 amide bonds. The number of nitrogens with one attached hydrogen (secondary N) is 1. The second-order valence-corrected chi connectivity index (χ2v) is 6.03. The molecule has 2 unspecified atom stereocenters. The minimum absolute atomic E-state index is 0.0126. The molecule has 1 saturated carbocycles. The molecule has 20 heavy (non-hydrogen) atoms. The Labute approximate surface area is 120 Å². The van der Waals surface area contributed by atoms with E-state index >= 15 is 0 Å². The molecule has 2 rings (SSSR count). The van der Waals surface area contributed by atoms with Crippen LogP contribution in [0.15, 0.2) is 4.52 Å². The SMILES string of the molecule is Cc1noc(C)c1CC(=O)NC1(CN)CCCCC1C. The summed E-state index contributed by atoms with van der Waals surface area (Å²) in [5, 5.41) is 7.08. The molecule has 0 aliphatic heterocycles. The van der Waals surface area contributed by atoms with Crippen LogP contribution in [-0.2, 0) is 11.2 Å². The predicted molar refractivity (Wildman–Crippen MR) is 77.2 cm³/mol. The minimum Gasteiger partial charge on any atom is -0.361 e. The number of nitrogens with zero attached hydrogens (tertiary/aromatic N) is 1. The minimum atomic E-state index is -0.242. The van der Waals surface area contributed by atoms with Gasteiger partial charge in [-0.2, -0.15) is 0 Å². The number of hydrogen-bond acceptors (Lipinski definition) is 4. The van der Waals surface area contributed by atoms with Gasteiger partial charge in [0.1, 0.15) is 5.76 Å². The highest BCUT2D eigenvalue weighted by Gasteiger charge is 2.38. The lowest BCUT2D eigenvalue weighted by molar-refractivity contribution is -0.123. The highest BCUT2D eigenvalue weighted by Crippen LogP contribution is 2.33. The number of carbonyl (C=O) groups is 1. The van der Waals surface area contributed by atoms with Gasteiger partial charge in [0, 0.05) is 12.1 Å². The first-order chi connectivity index (χ1) is 9.48. The van der Waals surface area contributed by atoms with E-state index in [2.05, 4.69) is 17.4 Å². The van der Waals surface area contributed by atoms with Gasteiger partial charge in [-0.15, -0.1) is 0 Å². The number of rotatable bonds is 4. The normalized spacial score (nSPS) is 26.5. The molecular formula is C15H25N3O2. The first-order valence-corrected chi connectivity index (χ1v) is 7.41. The predicted octanol–water partition coefficient (Wildman–Crippen LogP) is 1.86. The summed E-state index contributed by atoms with van der Waals surface area (Å²) in [5.41, 5.74) is 7.40. The van der Waals surface area contributed by atoms with Gasteiger partial charge < -0.3 is 15.6 Å². The molecular weight excluding hydrogens is 254 g/mol. The average Bonchev–Trinajstić information content (AvgIpc) is 2.73. The van der Waals surface area contributed by atoms with E-state index < -0.39 is 0 Å². The van der Waals surface area contributed by atoms with Crippen molar-refractivity contribution in [2.75, 3.05) is 6.54 Å². The highest BCUT2D eigenvalue weighted by atomic mass is 16.5. The van der Waals surface area contributed by atoms with Crippen molar-refractivity contribution in [3.05, 3.63) is 17.0 Å². The van der Waals surface area contributed by atoms with Gasteiger partial charge in [0.15, 0.2) is 0 Å². The molecule has 0 saturated heterocycles. The first-order valence-electron chi connectivity index (χ1n) is 7.41. The number of aryl methyl sites for hydroxylation is 2. The van der Waals surface area contributed by atoms with E-state index in [9.17, 15) is 4.79 Å². The maximum atomic E-state index is 12.4. The van der Waals surface area contributed by atoms with Crippen LogP contribution in [0.5, 0.6) is 0 Å². The molecule has 112 valence electrons. The van der Waals surface area contributed by atoms with Crippen molar-refractivity contribution >= 4 is 5.91 Å². The summed E-state index contributed by atoms with van der Waals surface area (Å²) < 4.78 is 5.10. The van der Waals surface area contributed by atoms with Crippen molar-refractivity contribution in [2.45, 2.75) is 58.4 Å². The van der Waals surface area contributed by atoms with Gasteiger partial charge in [0.05, 0.1) is 17.7 Å². The standard InChI is InChI=1S/C15H25N3O2/c1-10-6-4-5-7-15(10,9-16)17-14(19)8-13-11(2)18-20-12(13)3/h10H,4-9,16H2,1-3H3,(H,17,19). The Hall–Kier alpha value is -1.36. The van der Waals surface area contributed by atoms with Crippen LogP contribution < -0.4 is 11.1 Å². The first kappa shape index (κ1) is 15.0. The lowest BCUT2D eigenvalue weighted by Gasteiger charge is -2.42. The van der Waals surface area contributed by atoms with Gasteiger partial charge in [0.2, 0.25) is 5.91 Å². The van der Waals surface area contributed by atoms with Crippen molar-refractivity contribution in [3.63, 3.8) is 0 Å². The van der Waals surface area contributed by atoms with Crippen LogP contribution in [-0.4, -0.2) is 23.1 Å². The molecule has 0 spiro atoms. The Morgan fingerprint density at radius 3 is 2.80 bits per heavy atom. The number of aromatic nitrogens is 1. The molecule has 1 fully saturated rings. The third-order valence-corrected chi connectivity index (χ3v) is 4.72. The molecule has 1 aliphatic carbocycles. The van der Waals surface area contributed by atoms with Crippen LogP contribution in [0.4, 0.5) is 0 Å². The number of carbonyl (C=O) groups excluding carboxylic acids is 1. The van der Waals surface area contributed by atoms with E-state index in [1.54, 1.807) is 0 Å². The second-order valence-electron chi connectivity index (χ2n) is 6.03. The lowest BCUT2D eigenvalue weighted by Crippen LogP contribution is -2.59. The molecule has 0 aromatic carbocycles. The third kappa shape index (κ3) is 2.87. The zero-order valence-electron chi connectivity index (χ0n) is 12.7. The molecule has 2 atom stereocenters. The van der Waals surface area contributed by atoms with E-state index in [1.807, 2.05) is 13.8 Å². The summed E-state index contributed by atoms with van der Waals surface area (Å²) in [7, 11) is 0. The number of hydrogen-bond donors (Lipinski definition) is 2. The Morgan fingerprint density at radius 1 is 1.50 bits per heavy atom. The fourth-order valence-electron chi connectivity index (χ4n) is 3.19. The van der Waals surface area contributed by atoms with E-state index in [-0.39, 0.29) is 11.4 Å². The second kappa shape index (κ2) is 5.95. The van der Waals surface area contributed by atoms with E-state index in [0.717, 1.165) is 36.3 Å². The van der Waals surface area contributed by atoms with Crippen LogP contribution in [0.2, 0.25) is 0 Å². The molecule has 1 aromatic heterocycles. The van der Waals surface area contributed by atoms with Gasteiger partial charge in [-0.1, -0.05) is 24.9 Å². The molecule has 1 aliphatic rings. The summed E-state index contributed by atoms with van der Waals surface area (Å²) in [6.45, 7) is 6.38. The van der Waals surface area contributed by atoms with Crippen LogP contribution in [0.1, 0.15) is 49.6 Å². The van der Waals surface area contributed by atoms with Gasteiger partial charge in [-0.25, -0.2) is 0 Å². The fourth-order valence-corrected chi connectivity index (χ4v) is 3.19. The van der Waals surface area contributed by atoms with Crippen LogP contribution in [0.3, 0.4) is 0 Å². The summed E-state index contributed by atoms with van der Waals surface area (Å²) in [5.74, 6) is 1.16. The topological polar surface area (TPSA) is 81.2 Å². The van der Waals surface area contributed by atoms with Crippen LogP contribution in [0.25, 0.3) is 0 Å². The molecule has 3 N–H and O–H groups in total. The quantitative estimate of drug-likeness (QED) is 0.881. The Balaban J connectivity index is 2.06. The lowest BCUT2D eigenvalue weighted by atomic mass is 9.73. The average molecular weight is 279 g/mol. The molecule has 5 heteroatoms. The third-order valence-electron chi connectivity index (χ3n) is 4.72. The zero-order valence-corrected chi connectivity index (χ0v) is 12.7. The summed E-state index contributed by atoms with van der Waals surface area (Å²) in [6.07, 6.45) is 4.77. The maximum absolute atomic E-state index is 12.4. The summed E-state index contributed by atoms with van der Waals surface area (Å²) in [6, 6.07) is 0. The molecule has 1 heterocycles. The molecule has 0 bridgehead atoms. The van der Waals surface area contributed by atoms with Crippen LogP contribution in [0, 0.1) is 19.8 Å². The van der Waals surface area contributed by atoms with Gasteiger partial charge in [0.25, 0.3) is 0 Å². The smallest absolute Gasteiger partial charge is 0.225 e. The molecule has 1 aromatic rings.